The van der Waals surface area contributed by atoms with E-state index in [-0.39, 0.29) is 35.2 Å². The minimum absolute atomic E-state index is 0.130. The molecule has 10 heteroatoms. The normalized spacial score (nSPS) is 15.8. The first kappa shape index (κ1) is 23.3. The third-order valence-corrected chi connectivity index (χ3v) is 5.32. The van der Waals surface area contributed by atoms with E-state index in [9.17, 15) is 14.4 Å². The Kier molecular flexibility index (Phi) is 7.19. The summed E-state index contributed by atoms with van der Waals surface area (Å²) >= 11 is 6.43. The van der Waals surface area contributed by atoms with E-state index in [1.807, 2.05) is 31.2 Å². The molecule has 1 aliphatic heterocycles. The summed E-state index contributed by atoms with van der Waals surface area (Å²) in [5.41, 5.74) is 3.01. The first-order valence-corrected chi connectivity index (χ1v) is 10.5. The van der Waals surface area contributed by atoms with Crippen LogP contribution in [0.15, 0.2) is 35.5 Å². The third-order valence-electron chi connectivity index (χ3n) is 4.94. The van der Waals surface area contributed by atoms with Crippen LogP contribution in [0.2, 0.25) is 5.15 Å². The Labute approximate surface area is 190 Å². The molecule has 1 aliphatic rings. The van der Waals surface area contributed by atoms with Crippen LogP contribution in [-0.4, -0.2) is 47.0 Å². The number of nitrogens with zero attached hydrogens (tertiary/aromatic N) is 2. The minimum atomic E-state index is -0.709. The van der Waals surface area contributed by atoms with Crippen molar-refractivity contribution in [1.29, 1.82) is 0 Å². The number of aryl methyl sites for hydroxylation is 2. The Morgan fingerprint density at radius 2 is 1.84 bits per heavy atom. The summed E-state index contributed by atoms with van der Waals surface area (Å²) in [6, 6.07) is 6.79. The van der Waals surface area contributed by atoms with E-state index in [4.69, 9.17) is 21.1 Å². The van der Waals surface area contributed by atoms with Crippen LogP contribution < -0.4 is 10.6 Å². The summed E-state index contributed by atoms with van der Waals surface area (Å²) < 4.78 is 12.0. The van der Waals surface area contributed by atoms with Crippen molar-refractivity contribution >= 4 is 29.6 Å². The molecule has 170 valence electrons. The van der Waals surface area contributed by atoms with Crippen molar-refractivity contribution in [3.05, 3.63) is 63.1 Å². The van der Waals surface area contributed by atoms with Gasteiger partial charge in [-0.25, -0.2) is 19.1 Å². The summed E-state index contributed by atoms with van der Waals surface area (Å²) in [6.07, 6.45) is 0. The number of halogens is 1. The lowest BCUT2D eigenvalue weighted by molar-refractivity contribution is -0.139. The van der Waals surface area contributed by atoms with Crippen molar-refractivity contribution in [3.8, 4) is 0 Å². The molecular weight excluding hydrogens is 436 g/mol. The molecule has 2 heterocycles. The average Bonchev–Trinajstić information content (AvgIpc) is 3.00. The van der Waals surface area contributed by atoms with E-state index in [0.717, 1.165) is 11.1 Å². The molecule has 0 fully saturated rings. The van der Waals surface area contributed by atoms with Crippen LogP contribution in [-0.2, 0) is 20.8 Å². The smallest absolute Gasteiger partial charge is 0.343 e. The van der Waals surface area contributed by atoms with Crippen molar-refractivity contribution in [3.63, 3.8) is 0 Å². The van der Waals surface area contributed by atoms with Crippen LogP contribution in [0.5, 0.6) is 0 Å². The Balaban J connectivity index is 1.78. The van der Waals surface area contributed by atoms with Gasteiger partial charge in [-0.1, -0.05) is 41.4 Å². The molecule has 0 aliphatic carbocycles. The maximum absolute atomic E-state index is 12.8. The van der Waals surface area contributed by atoms with Crippen molar-refractivity contribution < 1.29 is 23.9 Å². The van der Waals surface area contributed by atoms with Crippen LogP contribution in [0.25, 0.3) is 0 Å². The highest BCUT2D eigenvalue weighted by Crippen LogP contribution is 2.23. The van der Waals surface area contributed by atoms with Crippen molar-refractivity contribution in [2.45, 2.75) is 40.3 Å². The summed E-state index contributed by atoms with van der Waals surface area (Å²) in [7, 11) is 0. The second-order valence-corrected chi connectivity index (χ2v) is 7.76. The van der Waals surface area contributed by atoms with Gasteiger partial charge in [0.1, 0.15) is 17.3 Å². The van der Waals surface area contributed by atoms with Crippen LogP contribution >= 0.6 is 11.6 Å². The number of nitrogens with one attached hydrogen (secondary N) is 2. The quantitative estimate of drug-likeness (QED) is 0.614. The summed E-state index contributed by atoms with van der Waals surface area (Å²) in [5.74, 6) is -1.31. The van der Waals surface area contributed by atoms with E-state index in [1.54, 1.807) is 20.8 Å². The van der Waals surface area contributed by atoms with Gasteiger partial charge < -0.3 is 20.1 Å². The van der Waals surface area contributed by atoms with Crippen molar-refractivity contribution in [2.75, 3.05) is 13.2 Å². The highest BCUT2D eigenvalue weighted by atomic mass is 35.5. The number of rotatable bonds is 7. The van der Waals surface area contributed by atoms with Gasteiger partial charge in [0.25, 0.3) is 0 Å². The van der Waals surface area contributed by atoms with Crippen molar-refractivity contribution in [1.82, 2.24) is 20.4 Å². The maximum Gasteiger partial charge on any atom is 0.343 e. The number of amides is 2. The van der Waals surface area contributed by atoms with Gasteiger partial charge in [0.15, 0.2) is 0 Å². The Hall–Kier alpha value is -3.33. The molecule has 32 heavy (non-hydrogen) atoms. The first-order valence-electron chi connectivity index (χ1n) is 10.1. The number of esters is 2. The van der Waals surface area contributed by atoms with Gasteiger partial charge in [-0.15, -0.1) is 0 Å². The number of carbonyl (C=O) groups excluding carboxylic acids is 3. The largest absolute Gasteiger partial charge is 0.463 e. The van der Waals surface area contributed by atoms with Gasteiger partial charge in [0.05, 0.1) is 36.2 Å². The monoisotopic (exact) mass is 460 g/mol. The Bertz CT molecular complexity index is 1070. The first-order chi connectivity index (χ1) is 15.2. The fraction of sp³-hybridized carbons (Fsp3) is 0.364. The molecule has 2 N–H and O–H groups in total. The predicted molar refractivity (Wildman–Crippen MR) is 117 cm³/mol. The average molecular weight is 461 g/mol. The highest BCUT2D eigenvalue weighted by Gasteiger charge is 2.31. The van der Waals surface area contributed by atoms with Crippen LogP contribution in [0, 0.1) is 13.8 Å². The molecule has 3 rings (SSSR count). The number of carbonyl (C=O) groups is 3. The predicted octanol–water partition coefficient (Wildman–Crippen LogP) is 2.88. The molecule has 0 radical (unpaired) electrons. The van der Waals surface area contributed by atoms with E-state index in [2.05, 4.69) is 15.7 Å². The topological polar surface area (TPSA) is 112 Å². The molecule has 9 nitrogen and oxygen atoms in total. The maximum atomic E-state index is 12.8. The van der Waals surface area contributed by atoms with Crippen LogP contribution in [0.3, 0.4) is 0 Å². The second kappa shape index (κ2) is 9.86. The fourth-order valence-electron chi connectivity index (χ4n) is 3.36. The summed E-state index contributed by atoms with van der Waals surface area (Å²) in [4.78, 5) is 36.9. The van der Waals surface area contributed by atoms with Gasteiger partial charge in [-0.2, -0.15) is 5.10 Å². The Morgan fingerprint density at radius 1 is 1.16 bits per heavy atom. The second-order valence-electron chi connectivity index (χ2n) is 7.40. The zero-order valence-corrected chi connectivity index (χ0v) is 19.1. The van der Waals surface area contributed by atoms with Crippen LogP contribution in [0.1, 0.15) is 41.0 Å². The lowest BCUT2D eigenvalue weighted by Gasteiger charge is -2.26. The number of benzene rings is 1. The van der Waals surface area contributed by atoms with E-state index >= 15 is 0 Å². The molecule has 2 amide bonds. The van der Waals surface area contributed by atoms with Gasteiger partial charge in [-0.3, -0.25) is 0 Å². The molecule has 2 aromatic rings. The molecule has 1 atom stereocenters. The lowest BCUT2D eigenvalue weighted by atomic mass is 10.0. The zero-order chi connectivity index (χ0) is 23.4. The van der Waals surface area contributed by atoms with Gasteiger partial charge in [0, 0.05) is 0 Å². The van der Waals surface area contributed by atoms with E-state index < -0.39 is 24.0 Å². The number of hydrogen-bond donors (Lipinski definition) is 2. The van der Waals surface area contributed by atoms with Gasteiger partial charge in [-0.05, 0) is 33.3 Å². The molecule has 0 saturated carbocycles. The number of urea groups is 1. The molecular formula is C22H25ClN4O5. The fourth-order valence-corrected chi connectivity index (χ4v) is 3.67. The highest BCUT2D eigenvalue weighted by molar-refractivity contribution is 6.32. The molecule has 0 unspecified atom stereocenters. The van der Waals surface area contributed by atoms with Crippen molar-refractivity contribution in [2.24, 2.45) is 0 Å². The Morgan fingerprint density at radius 3 is 2.50 bits per heavy atom. The minimum Gasteiger partial charge on any atom is -0.463 e. The molecule has 1 aromatic heterocycles. The van der Waals surface area contributed by atoms with Gasteiger partial charge >= 0.3 is 18.0 Å². The van der Waals surface area contributed by atoms with E-state index in [1.165, 1.54) is 4.68 Å². The number of ether oxygens (including phenoxy) is 2. The SMILES string of the molecule is CCOC(=O)C1=C(COC(=O)c2c(C)nn(Cc3ccc(C)cc3)c2Cl)NC(=O)N[C@H]1C. The zero-order valence-electron chi connectivity index (χ0n) is 18.3. The van der Waals surface area contributed by atoms with Gasteiger partial charge in [0.2, 0.25) is 0 Å². The standard InChI is InChI=1S/C22H25ClN4O5/c1-5-31-20(28)17-13(3)24-22(30)25-16(17)11-32-21(29)18-14(4)26-27(19(18)23)10-15-8-6-12(2)7-9-15/h6-9,13H,5,10-11H2,1-4H3,(H2,24,25,30)/t13-/m0/s1. The molecule has 0 bridgehead atoms. The third kappa shape index (κ3) is 5.11. The summed E-state index contributed by atoms with van der Waals surface area (Å²) in [6.45, 7) is 7.21. The molecule has 1 aromatic carbocycles. The molecule has 0 saturated heterocycles. The van der Waals surface area contributed by atoms with Crippen LogP contribution in [0.4, 0.5) is 4.79 Å². The summed E-state index contributed by atoms with van der Waals surface area (Å²) in [5, 5.41) is 9.60. The number of hydrogen-bond acceptors (Lipinski definition) is 6. The number of aromatic nitrogens is 2. The molecule has 0 spiro atoms. The van der Waals surface area contributed by atoms with E-state index in [0.29, 0.717) is 12.2 Å². The lowest BCUT2D eigenvalue weighted by Crippen LogP contribution is -2.50.